The Morgan fingerprint density at radius 3 is 1.70 bits per heavy atom. The van der Waals surface area contributed by atoms with Gasteiger partial charge in [-0.05, 0) is 0 Å². The molecule has 4 heteroatoms. The molecule has 0 radical (unpaired) electrons. The normalized spacial score (nSPS) is 11.9. The molecule has 0 amide bonds. The molecule has 10 heavy (non-hydrogen) atoms. The molecule has 2 nitrogen and oxygen atoms in total. The van der Waals surface area contributed by atoms with E-state index >= 15 is 0 Å². The minimum Gasteiger partial charge on any atom is -0.481 e. The van der Waals surface area contributed by atoms with Crippen LogP contribution >= 0.6 is 0 Å². The molecule has 0 aliphatic rings. The van der Waals surface area contributed by atoms with Gasteiger partial charge in [-0.15, -0.1) is 0 Å². The number of aliphatic carboxylic acids is 1. The second-order valence-corrected chi connectivity index (χ2v) is 5.13. The van der Waals surface area contributed by atoms with E-state index < -0.39 is 12.4 Å². The first-order valence-electron chi connectivity index (χ1n) is 3.37. The Morgan fingerprint density at radius 1 is 1.60 bits per heavy atom. The van der Waals surface area contributed by atoms with Gasteiger partial charge in [0.1, 0.15) is 0 Å². The Balaban J connectivity index is -0.000000114. The summed E-state index contributed by atoms with van der Waals surface area (Å²) >= 11 is 0. The van der Waals surface area contributed by atoms with Crippen LogP contribution in [0.4, 0.5) is 0 Å². The van der Waals surface area contributed by atoms with Crippen molar-refractivity contribution in [3.05, 3.63) is 0 Å². The number of rotatable bonds is 1. The molecule has 0 aromatic rings. The number of hydrogen-bond acceptors (Lipinski definition) is 1. The second-order valence-electron chi connectivity index (χ2n) is 2.13. The summed E-state index contributed by atoms with van der Waals surface area (Å²) in [6.07, 6.45) is -0.981. The smallest absolute Gasteiger partial charge is 0.481 e. The third-order valence-corrected chi connectivity index (χ3v) is 0.247. The van der Waals surface area contributed by atoms with Gasteiger partial charge in [0.25, 0.3) is 0 Å². The van der Waals surface area contributed by atoms with Crippen molar-refractivity contribution in [1.82, 2.24) is 0 Å². The van der Waals surface area contributed by atoms with Crippen LogP contribution in [0.25, 0.3) is 0 Å². The van der Waals surface area contributed by atoms with E-state index in [9.17, 15) is 4.79 Å². The fraction of sp³-hybridized carbons (Fsp3) is 0.833. The standard InChI is InChI=1S/C3H6O2.C3H9Si.Na/c1-2-3(4)5;1-4(2)3;/h2H2,1H3,(H,4,5);1-3H3;/q;-1;+1/i2D;;. The van der Waals surface area contributed by atoms with E-state index in [2.05, 4.69) is 19.6 Å². The maximum absolute atomic E-state index is 9.51. The largest absolute Gasteiger partial charge is 1.00 e. The average molecular weight is 171 g/mol. The quantitative estimate of drug-likeness (QED) is 0.506. The predicted octanol–water partition coefficient (Wildman–Crippen LogP) is -1.14. The molecular weight excluding hydrogens is 155 g/mol. The van der Waals surface area contributed by atoms with Gasteiger partial charge in [-0.1, -0.05) is 6.92 Å². The Hall–Kier alpha value is 0.687. The minimum atomic E-state index is -1.07. The first kappa shape index (κ1) is 13.3. The van der Waals surface area contributed by atoms with Gasteiger partial charge >= 0.3 is 35.5 Å². The third kappa shape index (κ3) is 71.1. The minimum absolute atomic E-state index is 0. The van der Waals surface area contributed by atoms with Crippen molar-refractivity contribution in [3.8, 4) is 0 Å². The van der Waals surface area contributed by atoms with E-state index in [1.54, 1.807) is 0 Å². The van der Waals surface area contributed by atoms with Crippen LogP contribution in [0.15, 0.2) is 0 Å². The molecule has 0 spiro atoms. The predicted molar refractivity (Wildman–Crippen MR) is 41.3 cm³/mol. The van der Waals surface area contributed by atoms with Gasteiger partial charge in [-0.3, -0.25) is 13.6 Å². The molecule has 0 heterocycles. The van der Waals surface area contributed by atoms with Crippen LogP contribution in [0.2, 0.25) is 19.6 Å². The van der Waals surface area contributed by atoms with Crippen LogP contribution in [-0.2, 0) is 4.79 Å². The van der Waals surface area contributed by atoms with E-state index in [1.807, 2.05) is 0 Å². The van der Waals surface area contributed by atoms with Gasteiger partial charge in [0.05, 0.1) is 0 Å². The molecule has 1 atom stereocenters. The summed E-state index contributed by atoms with van der Waals surface area (Å²) in [7, 11) is 0.120. The fourth-order valence-electron chi connectivity index (χ4n) is 0. The number of carboxylic acids is 1. The van der Waals surface area contributed by atoms with Gasteiger partial charge in [0.2, 0.25) is 0 Å². The van der Waals surface area contributed by atoms with Gasteiger partial charge < -0.3 is 5.11 Å². The zero-order chi connectivity index (χ0) is 8.73. The molecule has 0 saturated heterocycles. The molecule has 56 valence electrons. The van der Waals surface area contributed by atoms with Gasteiger partial charge in [-0.2, -0.15) is 19.6 Å². The molecule has 0 rings (SSSR count). The topological polar surface area (TPSA) is 37.3 Å². The SMILES string of the molecule is C[Si-](C)C.[2H]C(C)C(=O)O.[Na+]. The van der Waals surface area contributed by atoms with Gasteiger partial charge in [0, 0.05) is 7.77 Å². The molecule has 0 aliphatic heterocycles. The van der Waals surface area contributed by atoms with Crippen LogP contribution in [0.1, 0.15) is 14.7 Å². The van der Waals surface area contributed by atoms with Crippen LogP contribution < -0.4 is 29.6 Å². The third-order valence-electron chi connectivity index (χ3n) is 0.247. The summed E-state index contributed by atoms with van der Waals surface area (Å²) in [5, 5.41) is 7.80. The zero-order valence-electron chi connectivity index (χ0n) is 8.43. The first-order valence-corrected chi connectivity index (χ1v) is 5.79. The van der Waals surface area contributed by atoms with Crippen molar-refractivity contribution >= 4 is 14.8 Å². The molecule has 0 aromatic heterocycles. The summed E-state index contributed by atoms with van der Waals surface area (Å²) in [5.74, 6) is -1.07. The molecule has 0 bridgehead atoms. The van der Waals surface area contributed by atoms with E-state index in [0.29, 0.717) is 0 Å². The Morgan fingerprint density at radius 2 is 1.70 bits per heavy atom. The van der Waals surface area contributed by atoms with Crippen molar-refractivity contribution in [2.24, 2.45) is 0 Å². The van der Waals surface area contributed by atoms with Crippen LogP contribution in [0, 0.1) is 0 Å². The van der Waals surface area contributed by atoms with Crippen molar-refractivity contribution in [3.63, 3.8) is 0 Å². The maximum Gasteiger partial charge on any atom is 1.00 e. The van der Waals surface area contributed by atoms with E-state index in [-0.39, 0.29) is 38.4 Å². The van der Waals surface area contributed by atoms with Gasteiger partial charge in [-0.25, -0.2) is 0 Å². The van der Waals surface area contributed by atoms with E-state index in [1.165, 1.54) is 6.92 Å². The van der Waals surface area contributed by atoms with Crippen molar-refractivity contribution < 1.29 is 40.8 Å². The summed E-state index contributed by atoms with van der Waals surface area (Å²) < 4.78 is 6.43. The van der Waals surface area contributed by atoms with Crippen LogP contribution in [0.5, 0.6) is 0 Å². The summed E-state index contributed by atoms with van der Waals surface area (Å²) in [6, 6.07) is 0. The van der Waals surface area contributed by atoms with Crippen molar-refractivity contribution in [2.75, 3.05) is 0 Å². The van der Waals surface area contributed by atoms with Crippen molar-refractivity contribution in [1.29, 1.82) is 0 Å². The molecule has 1 N–H and O–H groups in total. The number of carboxylic acid groups (broad SMARTS) is 1. The second kappa shape index (κ2) is 12.4. The molecule has 1 unspecified atom stereocenters. The molecule has 0 aromatic carbocycles. The first-order chi connectivity index (χ1) is 4.37. The number of carbonyl (C=O) groups is 1. The van der Waals surface area contributed by atoms with Crippen LogP contribution in [0.3, 0.4) is 0 Å². The zero-order valence-corrected chi connectivity index (χ0v) is 10.4. The molecule has 0 aliphatic carbocycles. The fourth-order valence-corrected chi connectivity index (χ4v) is 0. The Bertz CT molecular complexity index is 95.8. The summed E-state index contributed by atoms with van der Waals surface area (Å²) in [4.78, 5) is 9.51. The van der Waals surface area contributed by atoms with Gasteiger partial charge in [0.15, 0.2) is 0 Å². The molecule has 0 fully saturated rings. The molecule has 0 saturated carbocycles. The maximum atomic E-state index is 9.51. The molecular formula is C6H15NaO2Si. The van der Waals surface area contributed by atoms with Crippen LogP contribution in [-0.4, -0.2) is 19.9 Å². The summed E-state index contributed by atoms with van der Waals surface area (Å²) in [6.45, 7) is 8.11. The Labute approximate surface area is 88.3 Å². The number of hydrogen-bond donors (Lipinski definition) is 1. The van der Waals surface area contributed by atoms with E-state index in [0.717, 1.165) is 0 Å². The monoisotopic (exact) mass is 171 g/mol. The Kier molecular flexibility index (Phi) is 16.4. The van der Waals surface area contributed by atoms with E-state index in [4.69, 9.17) is 6.48 Å². The van der Waals surface area contributed by atoms with Crippen molar-refractivity contribution in [2.45, 2.75) is 33.0 Å². The summed E-state index contributed by atoms with van der Waals surface area (Å²) in [5.41, 5.74) is 0. The average Bonchev–Trinajstić information content (AvgIpc) is 1.63.